The van der Waals surface area contributed by atoms with Gasteiger partial charge in [0.25, 0.3) is 5.91 Å². The summed E-state index contributed by atoms with van der Waals surface area (Å²) in [5.41, 5.74) is 3.65. The Kier molecular flexibility index (Phi) is 5.94. The molecule has 184 valence electrons. The summed E-state index contributed by atoms with van der Waals surface area (Å²) >= 11 is 0. The highest BCUT2D eigenvalue weighted by Gasteiger charge is 2.28. The normalized spacial score (nSPS) is 14.7. The first-order chi connectivity index (χ1) is 17.2. The molecule has 0 unspecified atom stereocenters. The number of aromatic amines is 1. The summed E-state index contributed by atoms with van der Waals surface area (Å²) in [4.78, 5) is 19.0. The molecule has 1 saturated heterocycles. The number of pyridine rings is 2. The lowest BCUT2D eigenvalue weighted by molar-refractivity contribution is -0.726. The van der Waals surface area contributed by atoms with Crippen molar-refractivity contribution in [2.75, 3.05) is 18.0 Å². The van der Waals surface area contributed by atoms with E-state index in [-0.39, 0.29) is 11.9 Å². The number of rotatable bonds is 5. The minimum absolute atomic E-state index is 0.0389. The third-order valence-electron chi connectivity index (χ3n) is 6.59. The number of piperidine rings is 1. The molecule has 0 aromatic carbocycles. The first-order valence-corrected chi connectivity index (χ1v) is 11.9. The van der Waals surface area contributed by atoms with Gasteiger partial charge >= 0.3 is 0 Å². The van der Waals surface area contributed by atoms with Gasteiger partial charge in [0.1, 0.15) is 17.5 Å². The minimum Gasteiger partial charge on any atom is -0.381 e. The van der Waals surface area contributed by atoms with Crippen molar-refractivity contribution in [1.29, 1.82) is 5.26 Å². The van der Waals surface area contributed by atoms with E-state index in [0.717, 1.165) is 59.5 Å². The third-order valence-corrected chi connectivity index (χ3v) is 6.59. The summed E-state index contributed by atoms with van der Waals surface area (Å²) in [6.45, 7) is 4.51. The van der Waals surface area contributed by atoms with Crippen molar-refractivity contribution in [3.05, 3.63) is 54.7 Å². The van der Waals surface area contributed by atoms with Crippen molar-refractivity contribution in [3.8, 4) is 28.3 Å². The molecule has 10 heteroatoms. The van der Waals surface area contributed by atoms with Crippen molar-refractivity contribution in [1.82, 2.24) is 25.0 Å². The summed E-state index contributed by atoms with van der Waals surface area (Å²) in [5, 5.41) is 30.0. The van der Waals surface area contributed by atoms with Crippen molar-refractivity contribution in [3.63, 3.8) is 0 Å². The van der Waals surface area contributed by atoms with E-state index in [2.05, 4.69) is 32.5 Å². The number of aliphatic hydroxyl groups is 1. The molecule has 1 aliphatic rings. The van der Waals surface area contributed by atoms with Gasteiger partial charge in [-0.1, -0.05) is 0 Å². The first kappa shape index (κ1) is 23.5. The van der Waals surface area contributed by atoms with Gasteiger partial charge in [0.05, 0.1) is 29.0 Å². The highest BCUT2D eigenvalue weighted by Crippen LogP contribution is 2.32. The lowest BCUT2D eigenvalue weighted by Crippen LogP contribution is -2.50. The van der Waals surface area contributed by atoms with Gasteiger partial charge in [0.15, 0.2) is 7.05 Å². The van der Waals surface area contributed by atoms with Gasteiger partial charge in [-0.25, -0.2) is 9.50 Å². The quantitative estimate of drug-likeness (QED) is 0.371. The van der Waals surface area contributed by atoms with Crippen molar-refractivity contribution >= 4 is 17.2 Å². The molecule has 1 amide bonds. The minimum atomic E-state index is -1.38. The molecule has 0 radical (unpaired) electrons. The predicted octanol–water partition coefficient (Wildman–Crippen LogP) is 1.94. The van der Waals surface area contributed by atoms with Crippen LogP contribution in [-0.4, -0.2) is 55.4 Å². The second kappa shape index (κ2) is 9.09. The SMILES string of the molecule is C[n+]1cc(-c2cc(-c3ccc(N4CCC(NC(=O)C(C)(C)O)CC4)nc3)c3c(C#N)cnn3c2)c[nH]1. The van der Waals surface area contributed by atoms with Crippen LogP contribution >= 0.6 is 0 Å². The lowest BCUT2D eigenvalue weighted by atomic mass is 10.0. The number of hydrogen-bond donors (Lipinski definition) is 3. The first-order valence-electron chi connectivity index (χ1n) is 11.9. The van der Waals surface area contributed by atoms with E-state index >= 15 is 0 Å². The molecule has 0 atom stereocenters. The summed E-state index contributed by atoms with van der Waals surface area (Å²) in [5.74, 6) is 0.520. The van der Waals surface area contributed by atoms with E-state index in [0.29, 0.717) is 5.56 Å². The Hall–Kier alpha value is -4.23. The van der Waals surface area contributed by atoms with Crippen molar-refractivity contribution in [2.24, 2.45) is 7.05 Å². The number of H-pyrrole nitrogens is 1. The van der Waals surface area contributed by atoms with Crippen LogP contribution in [0.4, 0.5) is 5.82 Å². The van der Waals surface area contributed by atoms with Crippen LogP contribution in [0, 0.1) is 11.3 Å². The van der Waals surface area contributed by atoms with Gasteiger partial charge in [-0.05, 0) is 44.9 Å². The van der Waals surface area contributed by atoms with Crippen molar-refractivity contribution in [2.45, 2.75) is 38.3 Å². The third kappa shape index (κ3) is 4.53. The average molecular weight is 486 g/mol. The smallest absolute Gasteiger partial charge is 0.251 e. The fraction of sp³-hybridized carbons (Fsp3) is 0.346. The molecule has 0 spiro atoms. The summed E-state index contributed by atoms with van der Waals surface area (Å²) in [6.07, 6.45) is 10.8. The Balaban J connectivity index is 1.39. The Labute approximate surface area is 208 Å². The number of nitrogens with one attached hydrogen (secondary N) is 2. The molecule has 1 fully saturated rings. The maximum Gasteiger partial charge on any atom is 0.251 e. The molecular weight excluding hydrogens is 456 g/mol. The summed E-state index contributed by atoms with van der Waals surface area (Å²) < 4.78 is 3.62. The predicted molar refractivity (Wildman–Crippen MR) is 134 cm³/mol. The lowest BCUT2D eigenvalue weighted by Gasteiger charge is -2.34. The van der Waals surface area contributed by atoms with Gasteiger partial charge in [-0.15, -0.1) is 4.68 Å². The number of anilines is 1. The molecule has 4 aromatic rings. The second-order valence-electron chi connectivity index (χ2n) is 9.77. The molecule has 1 aliphatic heterocycles. The topological polar surface area (TPSA) is 126 Å². The largest absolute Gasteiger partial charge is 0.381 e. The van der Waals surface area contributed by atoms with Crippen molar-refractivity contribution < 1.29 is 14.6 Å². The Morgan fingerprint density at radius 1 is 1.25 bits per heavy atom. The number of fused-ring (bicyclic) bond motifs is 1. The van der Waals surface area contributed by atoms with Crippen LogP contribution < -0.4 is 14.9 Å². The molecule has 0 bridgehead atoms. The van der Waals surface area contributed by atoms with Crippen LogP contribution in [0.15, 0.2) is 49.2 Å². The zero-order valence-electron chi connectivity index (χ0n) is 20.6. The Morgan fingerprint density at radius 3 is 2.64 bits per heavy atom. The highest BCUT2D eigenvalue weighted by atomic mass is 16.3. The average Bonchev–Trinajstić information content (AvgIpc) is 3.49. The maximum absolute atomic E-state index is 12.1. The van der Waals surface area contributed by atoms with Gasteiger partial charge in [0.2, 0.25) is 6.20 Å². The molecule has 0 saturated carbocycles. The van der Waals surface area contributed by atoms with Crippen LogP contribution in [0.25, 0.3) is 27.8 Å². The van der Waals surface area contributed by atoms with E-state index in [1.165, 1.54) is 13.8 Å². The monoisotopic (exact) mass is 485 g/mol. The maximum atomic E-state index is 12.1. The van der Waals surface area contributed by atoms with Crippen LogP contribution in [0.5, 0.6) is 0 Å². The number of amides is 1. The number of carbonyl (C=O) groups excluding carboxylic acids is 1. The molecule has 5 heterocycles. The standard InChI is InChI=1S/C26H28N8O2/c1-26(2,36)25(35)31-21-6-8-33(9-7-21)23-5-4-17(12-28-23)22-10-18(20-14-29-32(3)15-20)16-34-24(22)19(11-27)13-30-34/h4-5,10,12-16,21,36H,6-9H2,1-3H3,(H,31,35)/p+1. The van der Waals surface area contributed by atoms with E-state index in [9.17, 15) is 15.2 Å². The van der Waals surface area contributed by atoms with Crippen LogP contribution in [0.2, 0.25) is 0 Å². The number of hydrogen-bond acceptors (Lipinski definition) is 6. The fourth-order valence-corrected chi connectivity index (χ4v) is 4.54. The molecular formula is C26H29N8O2+. The molecule has 5 rings (SSSR count). The number of nitriles is 1. The van der Waals surface area contributed by atoms with Crippen LogP contribution in [-0.2, 0) is 11.8 Å². The summed E-state index contributed by atoms with van der Waals surface area (Å²) in [6, 6.07) is 8.36. The molecule has 4 aromatic heterocycles. The number of nitrogens with zero attached hydrogens (tertiary/aromatic N) is 6. The van der Waals surface area contributed by atoms with Gasteiger partial charge in [-0.3, -0.25) is 4.79 Å². The zero-order valence-corrected chi connectivity index (χ0v) is 20.6. The molecule has 0 aliphatic carbocycles. The Bertz CT molecular complexity index is 1450. The summed E-state index contributed by atoms with van der Waals surface area (Å²) in [7, 11) is 1.93. The van der Waals surface area contributed by atoms with E-state index in [1.54, 1.807) is 10.7 Å². The van der Waals surface area contributed by atoms with E-state index in [1.807, 2.05) is 48.6 Å². The zero-order chi connectivity index (χ0) is 25.4. The number of carbonyl (C=O) groups is 1. The molecule has 36 heavy (non-hydrogen) atoms. The van der Waals surface area contributed by atoms with Crippen LogP contribution in [0.1, 0.15) is 32.3 Å². The molecule has 10 nitrogen and oxygen atoms in total. The van der Waals surface area contributed by atoms with E-state index in [4.69, 9.17) is 4.98 Å². The second-order valence-corrected chi connectivity index (χ2v) is 9.77. The van der Waals surface area contributed by atoms with Gasteiger partial charge < -0.3 is 15.3 Å². The highest BCUT2D eigenvalue weighted by molar-refractivity contribution is 5.87. The van der Waals surface area contributed by atoms with Gasteiger partial charge in [-0.2, -0.15) is 15.5 Å². The fourth-order valence-electron chi connectivity index (χ4n) is 4.54. The van der Waals surface area contributed by atoms with E-state index < -0.39 is 5.60 Å². The van der Waals surface area contributed by atoms with Gasteiger partial charge in [0, 0.05) is 48.2 Å². The number of aryl methyl sites for hydroxylation is 1. The number of aromatic nitrogens is 5. The molecule has 3 N–H and O–H groups in total. The van der Waals surface area contributed by atoms with Crippen LogP contribution in [0.3, 0.4) is 0 Å². The Morgan fingerprint density at radius 2 is 2.03 bits per heavy atom.